The summed E-state index contributed by atoms with van der Waals surface area (Å²) in [6, 6.07) is 9.09. The monoisotopic (exact) mass is 261 g/mol. The van der Waals surface area contributed by atoms with Crippen molar-refractivity contribution in [1.82, 2.24) is 9.36 Å². The fraction of sp³-hybridized carbons (Fsp3) is 0.250. The number of methoxy groups -OCH3 is 1. The van der Waals surface area contributed by atoms with Gasteiger partial charge in [-0.1, -0.05) is 12.1 Å². The zero-order valence-electron chi connectivity index (χ0n) is 9.79. The number of benzene rings is 1. The largest absolute Gasteiger partial charge is 0.428 e. The number of hydrogen-bond donors (Lipinski definition) is 0. The highest BCUT2D eigenvalue weighted by Crippen LogP contribution is 2.25. The molecular weight excluding hydrogens is 250 g/mol. The SMILES string of the molecule is COCCc1nsc(Oc2ccccc2C#N)n1. The molecule has 0 saturated carbocycles. The molecule has 18 heavy (non-hydrogen) atoms. The van der Waals surface area contributed by atoms with Gasteiger partial charge >= 0.3 is 0 Å². The summed E-state index contributed by atoms with van der Waals surface area (Å²) >= 11 is 1.17. The molecule has 0 atom stereocenters. The molecule has 0 aliphatic rings. The lowest BCUT2D eigenvalue weighted by Crippen LogP contribution is -1.96. The van der Waals surface area contributed by atoms with E-state index in [1.165, 1.54) is 11.5 Å². The van der Waals surface area contributed by atoms with Gasteiger partial charge in [0, 0.05) is 25.1 Å². The second kappa shape index (κ2) is 6.10. The summed E-state index contributed by atoms with van der Waals surface area (Å²) < 4.78 is 14.6. The summed E-state index contributed by atoms with van der Waals surface area (Å²) in [6.07, 6.45) is 0.649. The second-order valence-electron chi connectivity index (χ2n) is 3.43. The highest BCUT2D eigenvalue weighted by Gasteiger charge is 2.08. The molecular formula is C12H11N3O2S. The van der Waals surface area contributed by atoms with Gasteiger partial charge in [0.05, 0.1) is 12.2 Å². The molecule has 0 bridgehead atoms. The molecule has 0 amide bonds. The number of nitrogens with zero attached hydrogens (tertiary/aromatic N) is 3. The van der Waals surface area contributed by atoms with Crippen LogP contribution in [0, 0.1) is 11.3 Å². The van der Waals surface area contributed by atoms with Gasteiger partial charge in [0.1, 0.15) is 17.6 Å². The minimum absolute atomic E-state index is 0.434. The molecule has 2 aromatic rings. The Labute approximate surface area is 109 Å². The van der Waals surface area contributed by atoms with Crippen LogP contribution in [0.3, 0.4) is 0 Å². The third kappa shape index (κ3) is 3.03. The van der Waals surface area contributed by atoms with E-state index in [0.717, 1.165) is 0 Å². The van der Waals surface area contributed by atoms with Crippen LogP contribution in [0.4, 0.5) is 0 Å². The maximum absolute atomic E-state index is 8.94. The second-order valence-corrected chi connectivity index (χ2v) is 4.14. The Hall–Kier alpha value is -1.97. The van der Waals surface area contributed by atoms with Crippen molar-refractivity contribution in [3.05, 3.63) is 35.7 Å². The zero-order valence-corrected chi connectivity index (χ0v) is 10.6. The van der Waals surface area contributed by atoms with Crippen LogP contribution in [0.2, 0.25) is 0 Å². The number of para-hydroxylation sites is 1. The molecule has 0 radical (unpaired) electrons. The van der Waals surface area contributed by atoms with Crippen LogP contribution in [-0.2, 0) is 11.2 Å². The van der Waals surface area contributed by atoms with E-state index >= 15 is 0 Å². The highest BCUT2D eigenvalue weighted by molar-refractivity contribution is 7.07. The van der Waals surface area contributed by atoms with Crippen molar-refractivity contribution >= 4 is 11.5 Å². The van der Waals surface area contributed by atoms with E-state index in [0.29, 0.717) is 35.4 Å². The smallest absolute Gasteiger partial charge is 0.298 e. The van der Waals surface area contributed by atoms with Crippen LogP contribution < -0.4 is 4.74 Å². The third-order valence-corrected chi connectivity index (χ3v) is 2.82. The lowest BCUT2D eigenvalue weighted by molar-refractivity contribution is 0.200. The Kier molecular flexibility index (Phi) is 4.23. The molecule has 0 aliphatic carbocycles. The predicted molar refractivity (Wildman–Crippen MR) is 66.7 cm³/mol. The van der Waals surface area contributed by atoms with Crippen LogP contribution in [0.25, 0.3) is 0 Å². The van der Waals surface area contributed by atoms with Crippen molar-refractivity contribution < 1.29 is 9.47 Å². The first-order valence-corrected chi connectivity index (χ1v) is 6.09. The molecule has 0 aliphatic heterocycles. The van der Waals surface area contributed by atoms with Gasteiger partial charge in [0.25, 0.3) is 5.19 Å². The predicted octanol–water partition coefficient (Wildman–Crippen LogP) is 2.39. The van der Waals surface area contributed by atoms with E-state index in [1.807, 2.05) is 6.07 Å². The topological polar surface area (TPSA) is 68.0 Å². The molecule has 0 fully saturated rings. The van der Waals surface area contributed by atoms with Gasteiger partial charge in [-0.25, -0.2) is 0 Å². The fourth-order valence-corrected chi connectivity index (χ4v) is 1.91. The number of hydrogen-bond acceptors (Lipinski definition) is 6. The van der Waals surface area contributed by atoms with Gasteiger partial charge in [-0.2, -0.15) is 14.6 Å². The number of aromatic nitrogens is 2. The van der Waals surface area contributed by atoms with Crippen LogP contribution in [-0.4, -0.2) is 23.1 Å². The first-order chi connectivity index (χ1) is 8.83. The Bertz CT molecular complexity index is 562. The van der Waals surface area contributed by atoms with E-state index in [-0.39, 0.29) is 0 Å². The van der Waals surface area contributed by atoms with Gasteiger partial charge in [-0.15, -0.1) is 0 Å². The van der Waals surface area contributed by atoms with Crippen LogP contribution in [0.15, 0.2) is 24.3 Å². The van der Waals surface area contributed by atoms with E-state index in [9.17, 15) is 0 Å². The summed E-state index contributed by atoms with van der Waals surface area (Å²) in [5.74, 6) is 1.18. The van der Waals surface area contributed by atoms with E-state index in [1.54, 1.807) is 25.3 Å². The third-order valence-electron chi connectivity index (χ3n) is 2.18. The molecule has 92 valence electrons. The van der Waals surface area contributed by atoms with Crippen molar-refractivity contribution in [1.29, 1.82) is 5.26 Å². The quantitative estimate of drug-likeness (QED) is 0.826. The van der Waals surface area contributed by atoms with Crippen LogP contribution in [0.5, 0.6) is 10.9 Å². The maximum Gasteiger partial charge on any atom is 0.298 e. The van der Waals surface area contributed by atoms with Gasteiger partial charge in [0.15, 0.2) is 0 Å². The lowest BCUT2D eigenvalue weighted by Gasteiger charge is -2.01. The van der Waals surface area contributed by atoms with Gasteiger partial charge in [-0.05, 0) is 12.1 Å². The van der Waals surface area contributed by atoms with Crippen LogP contribution in [0.1, 0.15) is 11.4 Å². The van der Waals surface area contributed by atoms with E-state index < -0.39 is 0 Å². The average molecular weight is 261 g/mol. The molecule has 1 heterocycles. The molecule has 1 aromatic heterocycles. The van der Waals surface area contributed by atoms with Crippen molar-refractivity contribution in [2.45, 2.75) is 6.42 Å². The fourth-order valence-electron chi connectivity index (χ4n) is 1.32. The molecule has 6 heteroatoms. The highest BCUT2D eigenvalue weighted by atomic mass is 32.1. The van der Waals surface area contributed by atoms with Gasteiger partial charge in [0.2, 0.25) is 0 Å². The summed E-state index contributed by atoms with van der Waals surface area (Å²) in [4.78, 5) is 4.21. The van der Waals surface area contributed by atoms with Crippen molar-refractivity contribution in [3.63, 3.8) is 0 Å². The minimum atomic E-state index is 0.434. The molecule has 5 nitrogen and oxygen atoms in total. The Balaban J connectivity index is 2.09. The summed E-state index contributed by atoms with van der Waals surface area (Å²) in [5, 5.41) is 9.37. The standard InChI is InChI=1S/C12H11N3O2S/c1-16-7-6-11-14-12(18-15-11)17-10-5-3-2-4-9(10)8-13/h2-5H,6-7H2,1H3. The van der Waals surface area contributed by atoms with Crippen molar-refractivity contribution in [2.75, 3.05) is 13.7 Å². The molecule has 1 aromatic carbocycles. The van der Waals surface area contributed by atoms with Gasteiger partial charge in [-0.3, -0.25) is 0 Å². The Morgan fingerprint density at radius 3 is 3.00 bits per heavy atom. The first kappa shape index (κ1) is 12.5. The van der Waals surface area contributed by atoms with Crippen molar-refractivity contribution in [3.8, 4) is 17.0 Å². The molecule has 0 spiro atoms. The molecule has 0 saturated heterocycles. The van der Waals surface area contributed by atoms with E-state index in [4.69, 9.17) is 14.7 Å². The Morgan fingerprint density at radius 2 is 2.22 bits per heavy atom. The number of nitriles is 1. The number of rotatable bonds is 5. The summed E-state index contributed by atoms with van der Waals surface area (Å²) in [7, 11) is 1.63. The van der Waals surface area contributed by atoms with Crippen molar-refractivity contribution in [2.24, 2.45) is 0 Å². The summed E-state index contributed by atoms with van der Waals surface area (Å²) in [5.41, 5.74) is 0.478. The lowest BCUT2D eigenvalue weighted by atomic mass is 10.2. The zero-order chi connectivity index (χ0) is 12.8. The Morgan fingerprint density at radius 1 is 1.39 bits per heavy atom. The average Bonchev–Trinajstić information content (AvgIpc) is 2.84. The number of ether oxygens (including phenoxy) is 2. The maximum atomic E-state index is 8.94. The van der Waals surface area contributed by atoms with Gasteiger partial charge < -0.3 is 9.47 Å². The summed E-state index contributed by atoms with van der Waals surface area (Å²) in [6.45, 7) is 0.574. The molecule has 2 rings (SSSR count). The van der Waals surface area contributed by atoms with Crippen LogP contribution >= 0.6 is 11.5 Å². The van der Waals surface area contributed by atoms with E-state index in [2.05, 4.69) is 15.4 Å². The molecule has 0 unspecified atom stereocenters. The first-order valence-electron chi connectivity index (χ1n) is 5.32. The minimum Gasteiger partial charge on any atom is -0.428 e. The normalized spacial score (nSPS) is 10.0. The molecule has 0 N–H and O–H groups in total.